The van der Waals surface area contributed by atoms with Crippen molar-refractivity contribution in [3.8, 4) is 0 Å². The molecule has 1 heterocycles. The number of aromatic nitrogens is 1. The third kappa shape index (κ3) is 3.98. The molecule has 2 nitrogen and oxygen atoms in total. The monoisotopic (exact) mass is 296 g/mol. The Hall–Kier alpha value is -0.570. The predicted molar refractivity (Wildman–Crippen MR) is 76.4 cm³/mol. The molecule has 2 rings (SSSR count). The van der Waals surface area contributed by atoms with Gasteiger partial charge < -0.3 is 5.32 Å². The molecule has 0 unspecified atom stereocenters. The summed E-state index contributed by atoms with van der Waals surface area (Å²) in [6, 6.07) is 2.10. The topological polar surface area (TPSA) is 24.9 Å². The lowest BCUT2D eigenvalue weighted by molar-refractivity contribution is 0.345. The zero-order valence-corrected chi connectivity index (χ0v) is 12.1. The third-order valence-corrected chi connectivity index (χ3v) is 4.46. The van der Waals surface area contributed by atoms with Crippen LogP contribution >= 0.6 is 15.9 Å². The van der Waals surface area contributed by atoms with Crippen LogP contribution in [0.15, 0.2) is 16.7 Å². The molecule has 1 aromatic heterocycles. The van der Waals surface area contributed by atoms with Crippen LogP contribution in [0.5, 0.6) is 0 Å². The quantitative estimate of drug-likeness (QED) is 0.883. The highest BCUT2D eigenvalue weighted by Gasteiger charge is 2.12. The van der Waals surface area contributed by atoms with E-state index >= 15 is 0 Å². The second-order valence-electron chi connectivity index (χ2n) is 5.04. The number of hydrogen-bond acceptors (Lipinski definition) is 2. The molecule has 1 saturated carbocycles. The van der Waals surface area contributed by atoms with Gasteiger partial charge in [0.15, 0.2) is 0 Å². The molecule has 0 aliphatic heterocycles. The minimum Gasteiger partial charge on any atom is -0.370 e. The summed E-state index contributed by atoms with van der Waals surface area (Å²) in [7, 11) is 0. The van der Waals surface area contributed by atoms with Crippen molar-refractivity contribution in [1.82, 2.24) is 4.98 Å². The molecule has 0 bridgehead atoms. The molecule has 3 heteroatoms. The van der Waals surface area contributed by atoms with Gasteiger partial charge in [-0.25, -0.2) is 4.98 Å². The molecule has 1 N–H and O–H groups in total. The highest BCUT2D eigenvalue weighted by Crippen LogP contribution is 2.26. The van der Waals surface area contributed by atoms with Gasteiger partial charge in [-0.2, -0.15) is 0 Å². The van der Waals surface area contributed by atoms with Gasteiger partial charge in [0.2, 0.25) is 0 Å². The molecule has 0 amide bonds. The summed E-state index contributed by atoms with van der Waals surface area (Å²) in [5.74, 6) is 1.94. The van der Waals surface area contributed by atoms with Crippen molar-refractivity contribution < 1.29 is 0 Å². The Kier molecular flexibility index (Phi) is 4.84. The first-order valence-electron chi connectivity index (χ1n) is 6.62. The Morgan fingerprint density at radius 2 is 2.12 bits per heavy atom. The summed E-state index contributed by atoms with van der Waals surface area (Å²) in [5, 5.41) is 3.43. The maximum absolute atomic E-state index is 4.36. The van der Waals surface area contributed by atoms with E-state index in [4.69, 9.17) is 0 Å². The van der Waals surface area contributed by atoms with E-state index in [1.165, 1.54) is 44.1 Å². The Bertz CT molecular complexity index is 359. The molecular weight excluding hydrogens is 276 g/mol. The van der Waals surface area contributed by atoms with Gasteiger partial charge in [0.05, 0.1) is 0 Å². The van der Waals surface area contributed by atoms with Crippen molar-refractivity contribution in [2.75, 3.05) is 11.9 Å². The molecule has 94 valence electrons. The second-order valence-corrected chi connectivity index (χ2v) is 5.89. The molecule has 1 aromatic rings. The molecule has 17 heavy (non-hydrogen) atoms. The fourth-order valence-corrected chi connectivity index (χ4v) is 2.73. The van der Waals surface area contributed by atoms with E-state index in [0.29, 0.717) is 0 Å². The highest BCUT2D eigenvalue weighted by atomic mass is 79.9. The van der Waals surface area contributed by atoms with Crippen LogP contribution in [0, 0.1) is 12.8 Å². The van der Waals surface area contributed by atoms with E-state index in [1.54, 1.807) is 0 Å². The molecule has 1 aliphatic rings. The van der Waals surface area contributed by atoms with Gasteiger partial charge in [0.1, 0.15) is 5.82 Å². The number of hydrogen-bond donors (Lipinski definition) is 1. The van der Waals surface area contributed by atoms with E-state index in [9.17, 15) is 0 Å². The number of aryl methyl sites for hydroxylation is 1. The maximum atomic E-state index is 4.36. The second kappa shape index (κ2) is 6.39. The third-order valence-electron chi connectivity index (χ3n) is 3.63. The zero-order chi connectivity index (χ0) is 12.1. The van der Waals surface area contributed by atoms with Crippen molar-refractivity contribution in [3.63, 3.8) is 0 Å². The standard InChI is InChI=1S/C14H21BrN2/c1-11-9-14(17-10-13(11)15)16-8-7-12-5-3-2-4-6-12/h9-10,12H,2-8H2,1H3,(H,16,17). The summed E-state index contributed by atoms with van der Waals surface area (Å²) < 4.78 is 1.08. The summed E-state index contributed by atoms with van der Waals surface area (Å²) in [6.45, 7) is 3.15. The number of rotatable bonds is 4. The van der Waals surface area contributed by atoms with E-state index < -0.39 is 0 Å². The van der Waals surface area contributed by atoms with Crippen molar-refractivity contribution in [1.29, 1.82) is 0 Å². The molecular formula is C14H21BrN2. The SMILES string of the molecule is Cc1cc(NCCC2CCCCC2)ncc1Br. The van der Waals surface area contributed by atoms with Gasteiger partial charge >= 0.3 is 0 Å². The maximum Gasteiger partial charge on any atom is 0.126 e. The first-order chi connectivity index (χ1) is 8.25. The first-order valence-corrected chi connectivity index (χ1v) is 7.41. The Labute approximate surface area is 112 Å². The van der Waals surface area contributed by atoms with Gasteiger partial charge in [0, 0.05) is 17.2 Å². The number of pyridine rings is 1. The molecule has 1 aliphatic carbocycles. The zero-order valence-electron chi connectivity index (χ0n) is 10.5. The van der Waals surface area contributed by atoms with Crippen molar-refractivity contribution in [2.45, 2.75) is 45.4 Å². The van der Waals surface area contributed by atoms with Crippen LogP contribution in [0.25, 0.3) is 0 Å². The number of nitrogens with one attached hydrogen (secondary N) is 1. The average Bonchev–Trinajstić information content (AvgIpc) is 2.35. The molecule has 0 aromatic carbocycles. The van der Waals surface area contributed by atoms with Crippen molar-refractivity contribution >= 4 is 21.7 Å². The fourth-order valence-electron chi connectivity index (χ4n) is 2.52. The Morgan fingerprint density at radius 3 is 2.82 bits per heavy atom. The van der Waals surface area contributed by atoms with Gasteiger partial charge in [-0.3, -0.25) is 0 Å². The normalized spacial score (nSPS) is 17.1. The van der Waals surface area contributed by atoms with Crippen LogP contribution in [0.1, 0.15) is 44.1 Å². The lowest BCUT2D eigenvalue weighted by atomic mass is 9.87. The largest absolute Gasteiger partial charge is 0.370 e. The van der Waals surface area contributed by atoms with Gasteiger partial charge in [-0.05, 0) is 46.8 Å². The van der Waals surface area contributed by atoms with E-state index in [2.05, 4.69) is 39.2 Å². The van der Waals surface area contributed by atoms with E-state index in [-0.39, 0.29) is 0 Å². The molecule has 0 radical (unpaired) electrons. The van der Waals surface area contributed by atoms with Gasteiger partial charge in [-0.15, -0.1) is 0 Å². The van der Waals surface area contributed by atoms with Crippen molar-refractivity contribution in [3.05, 3.63) is 22.3 Å². The minimum absolute atomic E-state index is 0.938. The summed E-state index contributed by atoms with van der Waals surface area (Å²) in [5.41, 5.74) is 1.24. The Morgan fingerprint density at radius 1 is 1.35 bits per heavy atom. The summed E-state index contributed by atoms with van der Waals surface area (Å²) >= 11 is 3.47. The molecule has 0 spiro atoms. The molecule has 0 atom stereocenters. The summed E-state index contributed by atoms with van der Waals surface area (Å²) in [6.07, 6.45) is 10.3. The minimum atomic E-state index is 0.938. The van der Waals surface area contributed by atoms with Gasteiger partial charge in [-0.1, -0.05) is 32.1 Å². The van der Waals surface area contributed by atoms with Gasteiger partial charge in [0.25, 0.3) is 0 Å². The smallest absolute Gasteiger partial charge is 0.126 e. The van der Waals surface area contributed by atoms with Crippen molar-refractivity contribution in [2.24, 2.45) is 5.92 Å². The molecule has 1 fully saturated rings. The van der Waals surface area contributed by atoms with Crippen LogP contribution in [0.4, 0.5) is 5.82 Å². The number of anilines is 1. The van der Waals surface area contributed by atoms with E-state index in [0.717, 1.165) is 22.8 Å². The number of nitrogens with zero attached hydrogens (tertiary/aromatic N) is 1. The predicted octanol–water partition coefficient (Wildman–Crippen LogP) is 4.53. The Balaban J connectivity index is 1.75. The summed E-state index contributed by atoms with van der Waals surface area (Å²) in [4.78, 5) is 4.36. The van der Waals surface area contributed by atoms with Crippen LogP contribution in [-0.4, -0.2) is 11.5 Å². The van der Waals surface area contributed by atoms with Crippen LogP contribution in [-0.2, 0) is 0 Å². The number of halogens is 1. The van der Waals surface area contributed by atoms with Crippen LogP contribution in [0.3, 0.4) is 0 Å². The average molecular weight is 297 g/mol. The van der Waals surface area contributed by atoms with E-state index in [1.807, 2.05) is 6.20 Å². The lowest BCUT2D eigenvalue weighted by Gasteiger charge is -2.21. The lowest BCUT2D eigenvalue weighted by Crippen LogP contribution is -2.12. The highest BCUT2D eigenvalue weighted by molar-refractivity contribution is 9.10. The van der Waals surface area contributed by atoms with Crippen LogP contribution in [0.2, 0.25) is 0 Å². The fraction of sp³-hybridized carbons (Fsp3) is 0.643. The first kappa shape index (κ1) is 12.9. The molecule has 0 saturated heterocycles. The van der Waals surface area contributed by atoms with Crippen LogP contribution < -0.4 is 5.32 Å².